The van der Waals surface area contributed by atoms with E-state index in [4.69, 9.17) is 5.73 Å². The number of thiophene rings is 1. The van der Waals surface area contributed by atoms with E-state index in [0.29, 0.717) is 29.1 Å². The lowest BCUT2D eigenvalue weighted by Crippen LogP contribution is -2.00. The van der Waals surface area contributed by atoms with Gasteiger partial charge in [0.15, 0.2) is 5.78 Å². The fourth-order valence-electron chi connectivity index (χ4n) is 1.73. The summed E-state index contributed by atoms with van der Waals surface area (Å²) in [6, 6.07) is 6.50. The number of ketones is 1. The van der Waals surface area contributed by atoms with E-state index in [1.165, 1.54) is 17.4 Å². The first-order valence-corrected chi connectivity index (χ1v) is 7.72. The van der Waals surface area contributed by atoms with Gasteiger partial charge >= 0.3 is 0 Å². The minimum Gasteiger partial charge on any atom is -0.397 e. The molecule has 6 heteroatoms. The summed E-state index contributed by atoms with van der Waals surface area (Å²) < 4.78 is 14.4. The van der Waals surface area contributed by atoms with Crippen LogP contribution in [0.25, 0.3) is 0 Å². The highest BCUT2D eigenvalue weighted by atomic mass is 79.9. The summed E-state index contributed by atoms with van der Waals surface area (Å²) in [4.78, 5) is 12.2. The van der Waals surface area contributed by atoms with Crippen LogP contribution in [0, 0.1) is 5.82 Å². The third kappa shape index (κ3) is 3.37. The Morgan fingerprint density at radius 3 is 2.90 bits per heavy atom. The van der Waals surface area contributed by atoms with E-state index >= 15 is 0 Å². The lowest BCUT2D eigenvalue weighted by molar-refractivity contribution is 0.0993. The molecule has 106 valence electrons. The van der Waals surface area contributed by atoms with Gasteiger partial charge < -0.3 is 11.1 Å². The molecule has 0 aliphatic rings. The van der Waals surface area contributed by atoms with Gasteiger partial charge in [0, 0.05) is 23.0 Å². The Labute approximate surface area is 129 Å². The SMILES string of the molecule is CCC(=O)c1sc(NCc2cc(Br)ccc2F)cc1N. The zero-order valence-electron chi connectivity index (χ0n) is 10.9. The summed E-state index contributed by atoms with van der Waals surface area (Å²) in [6.45, 7) is 2.14. The molecule has 0 unspecified atom stereocenters. The highest BCUT2D eigenvalue weighted by Crippen LogP contribution is 2.30. The van der Waals surface area contributed by atoms with Crippen LogP contribution in [-0.2, 0) is 6.54 Å². The van der Waals surface area contributed by atoms with Crippen LogP contribution in [0.2, 0.25) is 0 Å². The maximum Gasteiger partial charge on any atom is 0.174 e. The van der Waals surface area contributed by atoms with Crippen LogP contribution in [0.4, 0.5) is 15.1 Å². The van der Waals surface area contributed by atoms with Gasteiger partial charge in [-0.2, -0.15) is 0 Å². The Morgan fingerprint density at radius 2 is 2.20 bits per heavy atom. The zero-order chi connectivity index (χ0) is 14.7. The van der Waals surface area contributed by atoms with Gasteiger partial charge in [0.05, 0.1) is 15.6 Å². The number of carbonyl (C=O) groups is 1. The van der Waals surface area contributed by atoms with Crippen molar-refractivity contribution in [1.29, 1.82) is 0 Å². The monoisotopic (exact) mass is 356 g/mol. The molecular weight excluding hydrogens is 343 g/mol. The molecule has 0 spiro atoms. The maximum absolute atomic E-state index is 13.6. The van der Waals surface area contributed by atoms with Gasteiger partial charge in [-0.05, 0) is 24.3 Å². The lowest BCUT2D eigenvalue weighted by atomic mass is 10.2. The molecule has 1 aromatic heterocycles. The van der Waals surface area contributed by atoms with Crippen LogP contribution in [0.5, 0.6) is 0 Å². The predicted molar refractivity (Wildman–Crippen MR) is 84.8 cm³/mol. The van der Waals surface area contributed by atoms with Crippen molar-refractivity contribution in [2.24, 2.45) is 0 Å². The molecule has 20 heavy (non-hydrogen) atoms. The molecule has 0 fully saturated rings. The van der Waals surface area contributed by atoms with Crippen molar-refractivity contribution in [2.45, 2.75) is 19.9 Å². The summed E-state index contributed by atoms with van der Waals surface area (Å²) in [5.41, 5.74) is 6.83. The number of rotatable bonds is 5. The minimum atomic E-state index is -0.268. The summed E-state index contributed by atoms with van der Waals surface area (Å²) in [5, 5.41) is 3.86. The topological polar surface area (TPSA) is 55.1 Å². The van der Waals surface area contributed by atoms with Gasteiger partial charge in [0.2, 0.25) is 0 Å². The number of anilines is 2. The molecule has 0 saturated heterocycles. The van der Waals surface area contributed by atoms with E-state index in [1.54, 1.807) is 25.1 Å². The molecule has 0 aliphatic heterocycles. The van der Waals surface area contributed by atoms with Crippen LogP contribution < -0.4 is 11.1 Å². The van der Waals surface area contributed by atoms with Crippen LogP contribution in [0.3, 0.4) is 0 Å². The number of nitrogens with two attached hydrogens (primary N) is 1. The Morgan fingerprint density at radius 1 is 1.45 bits per heavy atom. The normalized spacial score (nSPS) is 10.6. The molecule has 0 radical (unpaired) electrons. The standard InChI is InChI=1S/C14H14BrFN2OS/c1-2-12(19)14-11(17)6-13(20-14)18-7-8-5-9(15)3-4-10(8)16/h3-6,18H,2,7,17H2,1H3. The molecule has 2 rings (SSSR count). The molecule has 0 bridgehead atoms. The third-order valence-corrected chi connectivity index (χ3v) is 4.44. The first kappa shape index (κ1) is 15.0. The Kier molecular flexibility index (Phi) is 4.77. The number of halogens is 2. The van der Waals surface area contributed by atoms with Gasteiger partial charge in [0.1, 0.15) is 5.82 Å². The fourth-order valence-corrected chi connectivity index (χ4v) is 3.13. The highest BCUT2D eigenvalue weighted by Gasteiger charge is 2.13. The molecule has 1 heterocycles. The van der Waals surface area contributed by atoms with Crippen LogP contribution in [0.15, 0.2) is 28.7 Å². The molecule has 0 atom stereocenters. The number of carbonyl (C=O) groups excluding carboxylic acids is 1. The average molecular weight is 357 g/mol. The summed E-state index contributed by atoms with van der Waals surface area (Å²) in [6.07, 6.45) is 0.421. The number of hydrogen-bond acceptors (Lipinski definition) is 4. The molecule has 3 nitrogen and oxygen atoms in total. The van der Waals surface area contributed by atoms with Crippen LogP contribution in [0.1, 0.15) is 28.6 Å². The number of Topliss-reactive ketones (excluding diaryl/α,β-unsaturated/α-hetero) is 1. The van der Waals surface area contributed by atoms with Crippen molar-refractivity contribution in [3.63, 3.8) is 0 Å². The first-order valence-electron chi connectivity index (χ1n) is 6.11. The molecular formula is C14H14BrFN2OS. The van der Waals surface area contributed by atoms with E-state index < -0.39 is 0 Å². The van der Waals surface area contributed by atoms with Crippen molar-refractivity contribution in [1.82, 2.24) is 0 Å². The van der Waals surface area contributed by atoms with Crippen LogP contribution >= 0.6 is 27.3 Å². The molecule has 0 amide bonds. The largest absolute Gasteiger partial charge is 0.397 e. The maximum atomic E-state index is 13.6. The second-order valence-electron chi connectivity index (χ2n) is 4.26. The molecule has 2 aromatic rings. The number of benzene rings is 1. The fraction of sp³-hybridized carbons (Fsp3) is 0.214. The third-order valence-electron chi connectivity index (χ3n) is 2.80. The molecule has 0 saturated carbocycles. The summed E-state index contributed by atoms with van der Waals surface area (Å²) >= 11 is 4.61. The van der Waals surface area contributed by atoms with Crippen molar-refractivity contribution >= 4 is 43.7 Å². The van der Waals surface area contributed by atoms with E-state index in [-0.39, 0.29) is 11.6 Å². The molecule has 1 aromatic carbocycles. The van der Waals surface area contributed by atoms with Gasteiger partial charge in [-0.15, -0.1) is 11.3 Å². The van der Waals surface area contributed by atoms with Gasteiger partial charge in [-0.25, -0.2) is 4.39 Å². The number of nitrogen functional groups attached to an aromatic ring is 1. The van der Waals surface area contributed by atoms with Gasteiger partial charge in [0.25, 0.3) is 0 Å². The number of nitrogens with one attached hydrogen (secondary N) is 1. The summed E-state index contributed by atoms with van der Waals surface area (Å²) in [5.74, 6) is -0.246. The predicted octanol–water partition coefficient (Wildman–Crippen LogP) is 4.44. The Balaban J connectivity index is 2.11. The quantitative estimate of drug-likeness (QED) is 0.778. The van der Waals surface area contributed by atoms with Crippen molar-refractivity contribution < 1.29 is 9.18 Å². The van der Waals surface area contributed by atoms with E-state index in [0.717, 1.165) is 9.47 Å². The zero-order valence-corrected chi connectivity index (χ0v) is 13.3. The lowest BCUT2D eigenvalue weighted by Gasteiger charge is -2.05. The Hall–Kier alpha value is -1.40. The Bertz CT molecular complexity index is 642. The van der Waals surface area contributed by atoms with Gasteiger partial charge in [-0.1, -0.05) is 22.9 Å². The van der Waals surface area contributed by atoms with Crippen molar-refractivity contribution in [2.75, 3.05) is 11.1 Å². The minimum absolute atomic E-state index is 0.0224. The highest BCUT2D eigenvalue weighted by molar-refractivity contribution is 9.10. The molecule has 3 N–H and O–H groups in total. The van der Waals surface area contributed by atoms with Crippen molar-refractivity contribution in [3.8, 4) is 0 Å². The average Bonchev–Trinajstić information content (AvgIpc) is 2.80. The van der Waals surface area contributed by atoms with E-state index in [1.807, 2.05) is 0 Å². The number of hydrogen-bond donors (Lipinski definition) is 2. The smallest absolute Gasteiger partial charge is 0.174 e. The van der Waals surface area contributed by atoms with E-state index in [2.05, 4.69) is 21.2 Å². The second-order valence-corrected chi connectivity index (χ2v) is 6.23. The van der Waals surface area contributed by atoms with Crippen LogP contribution in [-0.4, -0.2) is 5.78 Å². The van der Waals surface area contributed by atoms with Crippen molar-refractivity contribution in [3.05, 3.63) is 45.0 Å². The summed E-state index contributed by atoms with van der Waals surface area (Å²) in [7, 11) is 0. The second kappa shape index (κ2) is 6.37. The first-order chi connectivity index (χ1) is 9.51. The molecule has 0 aliphatic carbocycles. The van der Waals surface area contributed by atoms with E-state index in [9.17, 15) is 9.18 Å². The van der Waals surface area contributed by atoms with Gasteiger partial charge in [-0.3, -0.25) is 4.79 Å².